The van der Waals surface area contributed by atoms with Crippen LogP contribution in [0.4, 0.5) is 0 Å². The van der Waals surface area contributed by atoms with Crippen LogP contribution in [0.25, 0.3) is 10.9 Å². The van der Waals surface area contributed by atoms with Crippen LogP contribution in [0.15, 0.2) is 83.9 Å². The van der Waals surface area contributed by atoms with Gasteiger partial charge in [-0.05, 0) is 49.7 Å². The summed E-state index contributed by atoms with van der Waals surface area (Å²) in [6.07, 6.45) is 2.20. The number of carbonyl (C=O) groups excluding carboxylic acids is 1. The van der Waals surface area contributed by atoms with E-state index >= 15 is 0 Å². The molecular weight excluding hydrogens is 416 g/mol. The summed E-state index contributed by atoms with van der Waals surface area (Å²) in [6.45, 7) is 5.96. The molecule has 0 radical (unpaired) electrons. The maximum atomic E-state index is 12.5. The molecule has 0 fully saturated rings. The minimum absolute atomic E-state index is 0.0708. The SMILES string of the molecule is CCOc1ccc(C(=O)NCCn2cc(SCc3cccc(C)c3)c3ccccc32)cc1. The Morgan fingerprint density at radius 3 is 2.62 bits per heavy atom. The van der Waals surface area contributed by atoms with Crippen molar-refractivity contribution in [3.05, 3.63) is 95.7 Å². The fourth-order valence-corrected chi connectivity index (χ4v) is 4.77. The van der Waals surface area contributed by atoms with Gasteiger partial charge in [-0.3, -0.25) is 4.79 Å². The molecule has 5 heteroatoms. The molecular formula is C27H28N2O2S. The number of aromatic nitrogens is 1. The van der Waals surface area contributed by atoms with Crippen LogP contribution in [0, 0.1) is 6.92 Å². The van der Waals surface area contributed by atoms with Crippen molar-refractivity contribution in [3.63, 3.8) is 0 Å². The van der Waals surface area contributed by atoms with Crippen LogP contribution in [0.5, 0.6) is 5.75 Å². The van der Waals surface area contributed by atoms with E-state index in [1.807, 2.05) is 30.8 Å². The number of nitrogens with zero attached hydrogens (tertiary/aromatic N) is 1. The molecule has 0 aliphatic carbocycles. The Hall–Kier alpha value is -3.18. The highest BCUT2D eigenvalue weighted by molar-refractivity contribution is 7.98. The molecule has 0 spiro atoms. The molecule has 4 aromatic rings. The first-order valence-corrected chi connectivity index (χ1v) is 11.9. The fourth-order valence-electron chi connectivity index (χ4n) is 3.74. The number of nitrogens with one attached hydrogen (secondary N) is 1. The third-order valence-corrected chi connectivity index (χ3v) is 6.41. The molecule has 3 aromatic carbocycles. The number of ether oxygens (including phenoxy) is 1. The second kappa shape index (κ2) is 10.4. The highest BCUT2D eigenvalue weighted by atomic mass is 32.2. The first-order valence-electron chi connectivity index (χ1n) is 10.9. The zero-order chi connectivity index (χ0) is 22.3. The molecule has 1 heterocycles. The highest BCUT2D eigenvalue weighted by Gasteiger charge is 2.10. The molecule has 0 atom stereocenters. The molecule has 0 saturated carbocycles. The van der Waals surface area contributed by atoms with Gasteiger partial charge in [-0.15, -0.1) is 11.8 Å². The van der Waals surface area contributed by atoms with Crippen molar-refractivity contribution in [2.24, 2.45) is 0 Å². The minimum atomic E-state index is -0.0708. The average Bonchev–Trinajstić information content (AvgIpc) is 3.16. The van der Waals surface area contributed by atoms with Gasteiger partial charge in [0.2, 0.25) is 0 Å². The smallest absolute Gasteiger partial charge is 0.251 e. The standard InChI is InChI=1S/C27H28N2O2S/c1-3-31-23-13-11-22(12-14-23)27(30)28-15-16-29-18-26(24-9-4-5-10-25(24)29)32-19-21-8-6-7-20(2)17-21/h4-14,17-18H,3,15-16,19H2,1-2H3,(H,28,30). The predicted octanol–water partition coefficient (Wildman–Crippen LogP) is 6.07. The molecule has 4 rings (SSSR count). The summed E-state index contributed by atoms with van der Waals surface area (Å²) < 4.78 is 7.67. The summed E-state index contributed by atoms with van der Waals surface area (Å²) in [5.41, 5.74) is 4.44. The summed E-state index contributed by atoms with van der Waals surface area (Å²) >= 11 is 1.85. The molecule has 0 aliphatic heterocycles. The Morgan fingerprint density at radius 2 is 1.84 bits per heavy atom. The molecule has 0 bridgehead atoms. The highest BCUT2D eigenvalue weighted by Crippen LogP contribution is 2.32. The van der Waals surface area contributed by atoms with E-state index in [-0.39, 0.29) is 5.91 Å². The zero-order valence-electron chi connectivity index (χ0n) is 18.5. The summed E-state index contributed by atoms with van der Waals surface area (Å²) in [5.74, 6) is 1.64. The Morgan fingerprint density at radius 1 is 1.03 bits per heavy atom. The Kier molecular flexibility index (Phi) is 7.17. The average molecular weight is 445 g/mol. The fraction of sp³-hybridized carbons (Fsp3) is 0.222. The first-order chi connectivity index (χ1) is 15.6. The number of para-hydroxylation sites is 1. The van der Waals surface area contributed by atoms with Gasteiger partial charge in [0.15, 0.2) is 0 Å². The second-order valence-corrected chi connectivity index (χ2v) is 8.71. The van der Waals surface area contributed by atoms with Gasteiger partial charge in [0, 0.05) is 46.4 Å². The van der Waals surface area contributed by atoms with E-state index in [2.05, 4.69) is 71.5 Å². The van der Waals surface area contributed by atoms with E-state index in [0.717, 1.165) is 11.5 Å². The monoisotopic (exact) mass is 444 g/mol. The lowest BCUT2D eigenvalue weighted by Crippen LogP contribution is -2.27. The molecule has 164 valence electrons. The van der Waals surface area contributed by atoms with Gasteiger partial charge >= 0.3 is 0 Å². The van der Waals surface area contributed by atoms with Crippen LogP contribution in [0.2, 0.25) is 0 Å². The van der Waals surface area contributed by atoms with Gasteiger partial charge in [0.1, 0.15) is 5.75 Å². The number of hydrogen-bond donors (Lipinski definition) is 1. The van der Waals surface area contributed by atoms with Crippen molar-refractivity contribution < 1.29 is 9.53 Å². The Bertz CT molecular complexity index is 1200. The maximum absolute atomic E-state index is 12.5. The second-order valence-electron chi connectivity index (χ2n) is 7.69. The van der Waals surface area contributed by atoms with Crippen molar-refractivity contribution in [2.45, 2.75) is 31.0 Å². The third kappa shape index (κ3) is 5.35. The van der Waals surface area contributed by atoms with Gasteiger partial charge in [0.25, 0.3) is 5.91 Å². The van der Waals surface area contributed by atoms with Crippen LogP contribution in [0.3, 0.4) is 0 Å². The van der Waals surface area contributed by atoms with Gasteiger partial charge in [0.05, 0.1) is 6.61 Å². The normalized spacial score (nSPS) is 10.9. The zero-order valence-corrected chi connectivity index (χ0v) is 19.3. The van der Waals surface area contributed by atoms with Crippen molar-refractivity contribution in [3.8, 4) is 5.75 Å². The molecule has 32 heavy (non-hydrogen) atoms. The molecule has 1 aromatic heterocycles. The number of hydrogen-bond acceptors (Lipinski definition) is 3. The van der Waals surface area contributed by atoms with Gasteiger partial charge in [-0.2, -0.15) is 0 Å². The Labute approximate surface area is 193 Å². The van der Waals surface area contributed by atoms with E-state index < -0.39 is 0 Å². The number of carbonyl (C=O) groups is 1. The molecule has 0 aliphatic rings. The molecule has 0 unspecified atom stereocenters. The van der Waals surface area contributed by atoms with Crippen LogP contribution in [-0.2, 0) is 12.3 Å². The number of fused-ring (bicyclic) bond motifs is 1. The largest absolute Gasteiger partial charge is 0.494 e. The van der Waals surface area contributed by atoms with Crippen LogP contribution in [-0.4, -0.2) is 23.6 Å². The lowest BCUT2D eigenvalue weighted by molar-refractivity contribution is 0.0952. The van der Waals surface area contributed by atoms with Crippen molar-refractivity contribution in [1.82, 2.24) is 9.88 Å². The summed E-state index contributed by atoms with van der Waals surface area (Å²) in [4.78, 5) is 13.8. The number of aryl methyl sites for hydroxylation is 1. The van der Waals surface area contributed by atoms with E-state index in [4.69, 9.17) is 4.74 Å². The first kappa shape index (κ1) is 22.0. The van der Waals surface area contributed by atoms with Crippen molar-refractivity contribution >= 4 is 28.6 Å². The quantitative estimate of drug-likeness (QED) is 0.319. The molecule has 1 N–H and O–H groups in total. The van der Waals surface area contributed by atoms with E-state index in [1.54, 1.807) is 12.1 Å². The van der Waals surface area contributed by atoms with Gasteiger partial charge in [-0.25, -0.2) is 0 Å². The van der Waals surface area contributed by atoms with E-state index in [1.165, 1.54) is 26.9 Å². The lowest BCUT2D eigenvalue weighted by atomic mass is 10.2. The summed E-state index contributed by atoms with van der Waals surface area (Å²) in [5, 5.41) is 4.28. The topological polar surface area (TPSA) is 43.3 Å². The van der Waals surface area contributed by atoms with Gasteiger partial charge < -0.3 is 14.6 Å². The predicted molar refractivity (Wildman–Crippen MR) is 133 cm³/mol. The molecule has 0 saturated heterocycles. The number of rotatable bonds is 9. The number of thioether (sulfide) groups is 1. The lowest BCUT2D eigenvalue weighted by Gasteiger charge is -2.08. The van der Waals surface area contributed by atoms with Gasteiger partial charge in [-0.1, -0.05) is 48.0 Å². The third-order valence-electron chi connectivity index (χ3n) is 5.29. The molecule has 1 amide bonds. The van der Waals surface area contributed by atoms with E-state index in [0.29, 0.717) is 25.3 Å². The minimum Gasteiger partial charge on any atom is -0.494 e. The van der Waals surface area contributed by atoms with Crippen LogP contribution in [0.1, 0.15) is 28.4 Å². The maximum Gasteiger partial charge on any atom is 0.251 e. The summed E-state index contributed by atoms with van der Waals surface area (Å²) in [7, 11) is 0. The number of amides is 1. The summed E-state index contributed by atoms with van der Waals surface area (Å²) in [6, 6.07) is 24.4. The van der Waals surface area contributed by atoms with E-state index in [9.17, 15) is 4.79 Å². The van der Waals surface area contributed by atoms with Crippen LogP contribution >= 0.6 is 11.8 Å². The van der Waals surface area contributed by atoms with Crippen LogP contribution < -0.4 is 10.1 Å². The Balaban J connectivity index is 1.40. The van der Waals surface area contributed by atoms with Crippen molar-refractivity contribution in [1.29, 1.82) is 0 Å². The molecule has 4 nitrogen and oxygen atoms in total. The number of benzene rings is 3. The van der Waals surface area contributed by atoms with Crippen molar-refractivity contribution in [2.75, 3.05) is 13.2 Å².